The lowest BCUT2D eigenvalue weighted by molar-refractivity contribution is 0.969. The Balaban J connectivity index is 1.55. The van der Waals surface area contributed by atoms with Crippen molar-refractivity contribution in [2.45, 2.75) is 0 Å². The number of fused-ring (bicyclic) bond motifs is 2. The van der Waals surface area contributed by atoms with E-state index in [1.165, 1.54) is 66.0 Å². The van der Waals surface area contributed by atoms with E-state index in [2.05, 4.69) is 106 Å². The third-order valence-corrected chi connectivity index (χ3v) is 6.73. The Labute approximate surface area is 178 Å². The molecule has 30 heavy (non-hydrogen) atoms. The van der Waals surface area contributed by atoms with Crippen molar-refractivity contribution >= 4 is 33.3 Å². The van der Waals surface area contributed by atoms with Crippen molar-refractivity contribution in [3.8, 4) is 32.7 Å². The molecule has 146 valence electrons. The molecule has 0 aliphatic rings. The van der Waals surface area contributed by atoms with Crippen LogP contribution in [0.1, 0.15) is 0 Å². The maximum absolute atomic E-state index is 4.25. The van der Waals surface area contributed by atoms with Gasteiger partial charge in [-0.2, -0.15) is 0 Å². The number of aromatic amines is 1. The molecule has 6 rings (SSSR count). The van der Waals surface area contributed by atoms with Gasteiger partial charge in [0.05, 0.1) is 4.88 Å². The highest BCUT2D eigenvalue weighted by Gasteiger charge is 2.18. The number of nitrogens with zero attached hydrogens (tertiary/aromatic N) is 3. The number of hydrogen-bond donors (Lipinski definition) is 1. The minimum absolute atomic E-state index is 1.19. The van der Waals surface area contributed by atoms with Gasteiger partial charge in [-0.3, -0.25) is 0 Å². The summed E-state index contributed by atoms with van der Waals surface area (Å²) in [5.74, 6) is 0. The lowest BCUT2D eigenvalue weighted by Gasteiger charge is -2.04. The SMILES string of the molecule is Cn1cc(-c2c[nH]cc2-c2cn(C)c3cc(-c4ccns4)ccc23)c2ccccc21. The molecule has 0 aliphatic heterocycles. The molecule has 0 bridgehead atoms. The molecule has 4 nitrogen and oxygen atoms in total. The Morgan fingerprint density at radius 2 is 1.47 bits per heavy atom. The number of nitrogens with one attached hydrogen (secondary N) is 1. The molecule has 0 atom stereocenters. The zero-order valence-corrected chi connectivity index (χ0v) is 17.6. The van der Waals surface area contributed by atoms with Crippen molar-refractivity contribution in [2.24, 2.45) is 14.1 Å². The third kappa shape index (κ3) is 2.49. The number of para-hydroxylation sites is 1. The number of aryl methyl sites for hydroxylation is 2. The van der Waals surface area contributed by atoms with Crippen LogP contribution in [0.3, 0.4) is 0 Å². The number of H-pyrrole nitrogens is 1. The van der Waals surface area contributed by atoms with Crippen molar-refractivity contribution in [1.82, 2.24) is 18.5 Å². The molecule has 6 aromatic rings. The Kier molecular flexibility index (Phi) is 3.73. The van der Waals surface area contributed by atoms with Gasteiger partial charge in [0.15, 0.2) is 0 Å². The first-order chi connectivity index (χ1) is 14.7. The molecule has 0 spiro atoms. The van der Waals surface area contributed by atoms with E-state index in [0.717, 1.165) is 0 Å². The highest BCUT2D eigenvalue weighted by Crippen LogP contribution is 2.41. The van der Waals surface area contributed by atoms with Crippen LogP contribution >= 0.6 is 11.5 Å². The number of benzene rings is 2. The highest BCUT2D eigenvalue weighted by molar-refractivity contribution is 7.09. The molecule has 4 aromatic heterocycles. The van der Waals surface area contributed by atoms with E-state index in [9.17, 15) is 0 Å². The molecule has 0 fully saturated rings. The second-order valence-electron chi connectivity index (χ2n) is 7.72. The van der Waals surface area contributed by atoms with Gasteiger partial charge in [0.2, 0.25) is 0 Å². The molecule has 0 radical (unpaired) electrons. The monoisotopic (exact) mass is 408 g/mol. The van der Waals surface area contributed by atoms with Crippen LogP contribution in [-0.2, 0) is 14.1 Å². The lowest BCUT2D eigenvalue weighted by Crippen LogP contribution is -1.83. The lowest BCUT2D eigenvalue weighted by atomic mass is 9.98. The second kappa shape index (κ2) is 6.47. The van der Waals surface area contributed by atoms with Gasteiger partial charge in [-0.25, -0.2) is 4.37 Å². The van der Waals surface area contributed by atoms with Gasteiger partial charge >= 0.3 is 0 Å². The van der Waals surface area contributed by atoms with Crippen LogP contribution in [0.2, 0.25) is 0 Å². The van der Waals surface area contributed by atoms with E-state index in [0.29, 0.717) is 0 Å². The van der Waals surface area contributed by atoms with E-state index in [4.69, 9.17) is 0 Å². The first-order valence-corrected chi connectivity index (χ1v) is 10.7. The van der Waals surface area contributed by atoms with Gasteiger partial charge < -0.3 is 14.1 Å². The highest BCUT2D eigenvalue weighted by atomic mass is 32.1. The molecule has 0 aliphatic carbocycles. The minimum atomic E-state index is 1.19. The van der Waals surface area contributed by atoms with Crippen LogP contribution in [-0.4, -0.2) is 18.5 Å². The van der Waals surface area contributed by atoms with Crippen molar-refractivity contribution in [1.29, 1.82) is 0 Å². The Morgan fingerprint density at radius 1 is 0.767 bits per heavy atom. The van der Waals surface area contributed by atoms with E-state index in [1.54, 1.807) is 0 Å². The fourth-order valence-corrected chi connectivity index (χ4v) is 5.07. The molecular weight excluding hydrogens is 388 g/mol. The second-order valence-corrected chi connectivity index (χ2v) is 8.55. The van der Waals surface area contributed by atoms with Gasteiger partial charge in [0.1, 0.15) is 0 Å². The molecule has 0 saturated carbocycles. The van der Waals surface area contributed by atoms with Crippen LogP contribution in [0, 0.1) is 0 Å². The molecule has 2 aromatic carbocycles. The summed E-state index contributed by atoms with van der Waals surface area (Å²) in [7, 11) is 4.23. The molecule has 0 unspecified atom stereocenters. The summed E-state index contributed by atoms with van der Waals surface area (Å²) in [6.45, 7) is 0. The van der Waals surface area contributed by atoms with Gasteiger partial charge in [0.25, 0.3) is 0 Å². The summed E-state index contributed by atoms with van der Waals surface area (Å²) < 4.78 is 8.67. The average Bonchev–Trinajstić information content (AvgIpc) is 3.55. The normalized spacial score (nSPS) is 11.7. The zero-order chi connectivity index (χ0) is 20.2. The summed E-state index contributed by atoms with van der Waals surface area (Å²) >= 11 is 1.53. The minimum Gasteiger partial charge on any atom is -0.366 e. The standard InChI is InChI=1S/C25H20N4S/c1-28-14-21(17-5-3-4-6-23(17)28)19-12-26-13-20(19)22-15-29(2)24-11-16(7-8-18(22)24)25-9-10-27-30-25/h3-15,26H,1-2H3. The predicted molar refractivity (Wildman–Crippen MR) is 126 cm³/mol. The van der Waals surface area contributed by atoms with Gasteiger partial charge in [-0.15, -0.1) is 0 Å². The topological polar surface area (TPSA) is 38.5 Å². The van der Waals surface area contributed by atoms with Crippen LogP contribution in [0.4, 0.5) is 0 Å². The van der Waals surface area contributed by atoms with Crippen LogP contribution < -0.4 is 0 Å². The third-order valence-electron chi connectivity index (χ3n) is 5.94. The van der Waals surface area contributed by atoms with E-state index in [-0.39, 0.29) is 0 Å². The fourth-order valence-electron chi connectivity index (χ4n) is 4.48. The first-order valence-electron chi connectivity index (χ1n) is 9.92. The van der Waals surface area contributed by atoms with Crippen molar-refractivity contribution in [3.63, 3.8) is 0 Å². The first kappa shape index (κ1) is 17.3. The number of rotatable bonds is 3. The Bertz CT molecular complexity index is 1510. The number of aromatic nitrogens is 4. The largest absolute Gasteiger partial charge is 0.366 e. The molecule has 4 heterocycles. The fraction of sp³-hybridized carbons (Fsp3) is 0.0800. The van der Waals surface area contributed by atoms with Crippen LogP contribution in [0.25, 0.3) is 54.5 Å². The summed E-state index contributed by atoms with van der Waals surface area (Å²) in [5.41, 5.74) is 8.62. The van der Waals surface area contributed by atoms with E-state index >= 15 is 0 Å². The maximum atomic E-state index is 4.25. The van der Waals surface area contributed by atoms with Crippen molar-refractivity contribution in [2.75, 3.05) is 0 Å². The predicted octanol–water partition coefficient (Wildman–Crippen LogP) is 6.46. The average molecular weight is 409 g/mol. The van der Waals surface area contributed by atoms with Gasteiger partial charge in [0, 0.05) is 89.1 Å². The molecule has 1 N–H and O–H groups in total. The summed E-state index contributed by atoms with van der Waals surface area (Å²) in [4.78, 5) is 4.54. The van der Waals surface area contributed by atoms with E-state index in [1.807, 2.05) is 6.20 Å². The van der Waals surface area contributed by atoms with Crippen LogP contribution in [0.5, 0.6) is 0 Å². The smallest absolute Gasteiger partial charge is 0.0550 e. The molecule has 0 amide bonds. The summed E-state index contributed by atoms with van der Waals surface area (Å²) in [5, 5.41) is 2.53. The summed E-state index contributed by atoms with van der Waals surface area (Å²) in [6, 6.07) is 17.3. The van der Waals surface area contributed by atoms with Crippen LogP contribution in [0.15, 0.2) is 79.5 Å². The quantitative estimate of drug-likeness (QED) is 0.359. The van der Waals surface area contributed by atoms with Gasteiger partial charge in [-0.1, -0.05) is 30.3 Å². The molecule has 0 saturated heterocycles. The Morgan fingerprint density at radius 3 is 2.20 bits per heavy atom. The number of hydrogen-bond acceptors (Lipinski definition) is 2. The zero-order valence-electron chi connectivity index (χ0n) is 16.8. The van der Waals surface area contributed by atoms with E-state index < -0.39 is 0 Å². The molecule has 5 heteroatoms. The molecular formula is C25H20N4S. The summed E-state index contributed by atoms with van der Waals surface area (Å²) in [6.07, 6.45) is 10.5. The Hall–Kier alpha value is -3.57. The maximum Gasteiger partial charge on any atom is 0.0550 e. The van der Waals surface area contributed by atoms with Gasteiger partial charge in [-0.05, 0) is 35.3 Å². The van der Waals surface area contributed by atoms with Crippen molar-refractivity contribution < 1.29 is 0 Å². The van der Waals surface area contributed by atoms with Crippen molar-refractivity contribution in [3.05, 3.63) is 79.5 Å².